The molecule has 0 bridgehead atoms. The topological polar surface area (TPSA) is 88.1 Å². The van der Waals surface area contributed by atoms with Crippen LogP contribution in [0.25, 0.3) is 0 Å². The minimum atomic E-state index is -0.383. The smallest absolute Gasteiger partial charge is 0.229 e. The largest absolute Gasteiger partial charge is 0.508 e. The van der Waals surface area contributed by atoms with E-state index in [4.69, 9.17) is 9.47 Å². The van der Waals surface area contributed by atoms with Crippen LogP contribution < -0.4 is 14.8 Å². The molecule has 3 rings (SSSR count). The third-order valence-electron chi connectivity index (χ3n) is 4.84. The summed E-state index contributed by atoms with van der Waals surface area (Å²) in [6.45, 7) is 0.938. The van der Waals surface area contributed by atoms with E-state index >= 15 is 0 Å². The fourth-order valence-corrected chi connectivity index (χ4v) is 3.25. The molecular weight excluding hydrogens is 360 g/mol. The zero-order valence-corrected chi connectivity index (χ0v) is 16.0. The maximum atomic E-state index is 12.4. The molecule has 7 nitrogen and oxygen atoms in total. The minimum Gasteiger partial charge on any atom is -0.508 e. The highest BCUT2D eigenvalue weighted by Crippen LogP contribution is 2.28. The number of phenols is 1. The molecule has 1 fully saturated rings. The van der Waals surface area contributed by atoms with Crippen molar-refractivity contribution in [3.05, 3.63) is 48.0 Å². The molecule has 0 aromatic heterocycles. The van der Waals surface area contributed by atoms with E-state index in [2.05, 4.69) is 5.32 Å². The van der Waals surface area contributed by atoms with Crippen molar-refractivity contribution in [1.82, 2.24) is 4.90 Å². The molecule has 0 aliphatic carbocycles. The lowest BCUT2D eigenvalue weighted by Gasteiger charge is -2.17. The molecule has 28 heavy (non-hydrogen) atoms. The molecule has 0 saturated carbocycles. The Morgan fingerprint density at radius 3 is 2.54 bits per heavy atom. The summed E-state index contributed by atoms with van der Waals surface area (Å²) in [5.41, 5.74) is 1.63. The molecule has 2 N–H and O–H groups in total. The standard InChI is InChI=1S/C21H24N2O5/c1-27-18-8-3-14(11-19(18)28-2)9-10-23-13-15(12-20(23)25)21(26)22-16-4-6-17(24)7-5-16/h3-8,11,15,24H,9-10,12-13H2,1-2H3,(H,22,26)/t15-/m0/s1. The van der Waals surface area contributed by atoms with Crippen molar-refractivity contribution in [3.63, 3.8) is 0 Å². The van der Waals surface area contributed by atoms with E-state index in [9.17, 15) is 14.7 Å². The summed E-state index contributed by atoms with van der Waals surface area (Å²) in [5.74, 6) is 0.856. The molecule has 0 spiro atoms. The fourth-order valence-electron chi connectivity index (χ4n) is 3.25. The van der Waals surface area contributed by atoms with Gasteiger partial charge in [-0.15, -0.1) is 0 Å². The van der Waals surface area contributed by atoms with Crippen LogP contribution in [0, 0.1) is 5.92 Å². The van der Waals surface area contributed by atoms with Crippen LogP contribution in [0.15, 0.2) is 42.5 Å². The van der Waals surface area contributed by atoms with E-state index in [1.54, 1.807) is 31.3 Å². The molecule has 1 heterocycles. The summed E-state index contributed by atoms with van der Waals surface area (Å²) < 4.78 is 10.5. The Bertz CT molecular complexity index is 850. The first-order valence-electron chi connectivity index (χ1n) is 9.08. The van der Waals surface area contributed by atoms with Crippen LogP contribution in [0.4, 0.5) is 5.69 Å². The number of amides is 2. The Morgan fingerprint density at radius 2 is 1.86 bits per heavy atom. The highest BCUT2D eigenvalue weighted by Gasteiger charge is 2.34. The van der Waals surface area contributed by atoms with Crippen LogP contribution in [0.1, 0.15) is 12.0 Å². The lowest BCUT2D eigenvalue weighted by Crippen LogP contribution is -2.30. The predicted octanol–water partition coefficient (Wildman–Crippen LogP) is 2.44. The number of hydrogen-bond donors (Lipinski definition) is 2. The second-order valence-corrected chi connectivity index (χ2v) is 6.72. The molecule has 1 atom stereocenters. The molecule has 148 valence electrons. The number of hydrogen-bond acceptors (Lipinski definition) is 5. The first kappa shape index (κ1) is 19.5. The SMILES string of the molecule is COc1ccc(CCN2C[C@@H](C(=O)Nc3ccc(O)cc3)CC2=O)cc1OC. The van der Waals surface area contributed by atoms with Gasteiger partial charge < -0.3 is 24.8 Å². The number of carbonyl (C=O) groups excluding carboxylic acids is 2. The number of nitrogens with zero attached hydrogens (tertiary/aromatic N) is 1. The molecule has 2 aromatic carbocycles. The van der Waals surface area contributed by atoms with Gasteiger partial charge >= 0.3 is 0 Å². The highest BCUT2D eigenvalue weighted by atomic mass is 16.5. The Hall–Kier alpha value is -3.22. The van der Waals surface area contributed by atoms with Crippen LogP contribution in [-0.2, 0) is 16.0 Å². The molecule has 1 saturated heterocycles. The van der Waals surface area contributed by atoms with Gasteiger partial charge in [-0.3, -0.25) is 9.59 Å². The van der Waals surface area contributed by atoms with Gasteiger partial charge in [0.15, 0.2) is 11.5 Å². The van der Waals surface area contributed by atoms with Crippen molar-refractivity contribution < 1.29 is 24.2 Å². The summed E-state index contributed by atoms with van der Waals surface area (Å²) in [5, 5.41) is 12.1. The molecule has 1 aliphatic heterocycles. The van der Waals surface area contributed by atoms with E-state index in [0.717, 1.165) is 5.56 Å². The van der Waals surface area contributed by atoms with Gasteiger partial charge in [-0.2, -0.15) is 0 Å². The van der Waals surface area contributed by atoms with E-state index in [0.29, 0.717) is 36.7 Å². The van der Waals surface area contributed by atoms with Gasteiger partial charge in [0, 0.05) is 25.2 Å². The zero-order valence-electron chi connectivity index (χ0n) is 16.0. The van der Waals surface area contributed by atoms with Crippen molar-refractivity contribution in [2.45, 2.75) is 12.8 Å². The summed E-state index contributed by atoms with van der Waals surface area (Å²) >= 11 is 0. The number of aromatic hydroxyl groups is 1. The van der Waals surface area contributed by atoms with Gasteiger partial charge in [0.1, 0.15) is 5.75 Å². The number of carbonyl (C=O) groups is 2. The number of ether oxygens (including phenoxy) is 2. The monoisotopic (exact) mass is 384 g/mol. The number of rotatable bonds is 7. The number of anilines is 1. The average molecular weight is 384 g/mol. The van der Waals surface area contributed by atoms with E-state index < -0.39 is 0 Å². The predicted molar refractivity (Wildman–Crippen MR) is 105 cm³/mol. The number of nitrogens with one attached hydrogen (secondary N) is 1. The van der Waals surface area contributed by atoms with Crippen molar-refractivity contribution in [3.8, 4) is 17.2 Å². The van der Waals surface area contributed by atoms with Gasteiger partial charge in [0.05, 0.1) is 20.1 Å². The summed E-state index contributed by atoms with van der Waals surface area (Å²) in [6.07, 6.45) is 0.869. The summed E-state index contributed by atoms with van der Waals surface area (Å²) in [7, 11) is 3.17. The maximum absolute atomic E-state index is 12.4. The maximum Gasteiger partial charge on any atom is 0.229 e. The fraction of sp³-hybridized carbons (Fsp3) is 0.333. The van der Waals surface area contributed by atoms with E-state index in [-0.39, 0.29) is 29.9 Å². The summed E-state index contributed by atoms with van der Waals surface area (Å²) in [6, 6.07) is 11.9. The molecule has 2 amide bonds. The molecular formula is C21H24N2O5. The quantitative estimate of drug-likeness (QED) is 0.716. The van der Waals surface area contributed by atoms with Crippen molar-refractivity contribution in [2.75, 3.05) is 32.6 Å². The number of methoxy groups -OCH3 is 2. The molecule has 0 radical (unpaired) electrons. The Morgan fingerprint density at radius 1 is 1.14 bits per heavy atom. The van der Waals surface area contributed by atoms with Gasteiger partial charge in [-0.25, -0.2) is 0 Å². The number of phenolic OH excluding ortho intramolecular Hbond substituents is 1. The van der Waals surface area contributed by atoms with Crippen molar-refractivity contribution in [2.24, 2.45) is 5.92 Å². The second-order valence-electron chi connectivity index (χ2n) is 6.72. The Kier molecular flexibility index (Phi) is 6.03. The van der Waals surface area contributed by atoms with Crippen LogP contribution in [0.3, 0.4) is 0 Å². The van der Waals surface area contributed by atoms with Gasteiger partial charge in [-0.05, 0) is 48.4 Å². The third kappa shape index (κ3) is 4.54. The third-order valence-corrected chi connectivity index (χ3v) is 4.84. The molecule has 7 heteroatoms. The zero-order chi connectivity index (χ0) is 20.1. The van der Waals surface area contributed by atoms with Crippen LogP contribution in [-0.4, -0.2) is 49.1 Å². The van der Waals surface area contributed by atoms with E-state index in [1.807, 2.05) is 18.2 Å². The van der Waals surface area contributed by atoms with Crippen LogP contribution >= 0.6 is 0 Å². The van der Waals surface area contributed by atoms with Crippen LogP contribution in [0.5, 0.6) is 17.2 Å². The molecule has 1 aliphatic rings. The van der Waals surface area contributed by atoms with Gasteiger partial charge in [0.25, 0.3) is 0 Å². The second kappa shape index (κ2) is 8.65. The lowest BCUT2D eigenvalue weighted by molar-refractivity contribution is -0.128. The molecule has 2 aromatic rings. The Labute approximate surface area is 163 Å². The minimum absolute atomic E-state index is 0.0219. The number of benzene rings is 2. The first-order valence-corrected chi connectivity index (χ1v) is 9.08. The summed E-state index contributed by atoms with van der Waals surface area (Å²) in [4.78, 5) is 26.5. The Balaban J connectivity index is 1.55. The highest BCUT2D eigenvalue weighted by molar-refractivity contribution is 5.97. The van der Waals surface area contributed by atoms with E-state index in [1.165, 1.54) is 12.1 Å². The van der Waals surface area contributed by atoms with Crippen molar-refractivity contribution >= 4 is 17.5 Å². The van der Waals surface area contributed by atoms with Gasteiger partial charge in [0.2, 0.25) is 11.8 Å². The van der Waals surface area contributed by atoms with Crippen molar-refractivity contribution in [1.29, 1.82) is 0 Å². The number of likely N-dealkylation sites (tertiary alicyclic amines) is 1. The first-order chi connectivity index (χ1) is 13.5. The normalized spacial score (nSPS) is 16.1. The van der Waals surface area contributed by atoms with Crippen LogP contribution in [0.2, 0.25) is 0 Å². The van der Waals surface area contributed by atoms with Gasteiger partial charge in [-0.1, -0.05) is 6.07 Å². The molecule has 0 unspecified atom stereocenters. The average Bonchev–Trinajstić information content (AvgIpc) is 3.08. The lowest BCUT2D eigenvalue weighted by atomic mass is 10.1.